The molecule has 0 spiro atoms. The zero-order valence-corrected chi connectivity index (χ0v) is 11.4. The van der Waals surface area contributed by atoms with Crippen molar-refractivity contribution in [2.75, 3.05) is 5.32 Å². The Morgan fingerprint density at radius 1 is 1.05 bits per heavy atom. The summed E-state index contributed by atoms with van der Waals surface area (Å²) < 4.78 is 32.3. The fourth-order valence-corrected chi connectivity index (χ4v) is 2.66. The average Bonchev–Trinajstić information content (AvgIpc) is 2.36. The molecular weight excluding hydrogens is 286 g/mol. The van der Waals surface area contributed by atoms with Crippen molar-refractivity contribution in [2.24, 2.45) is 0 Å². The van der Waals surface area contributed by atoms with E-state index in [1.54, 1.807) is 54.6 Å². The van der Waals surface area contributed by atoms with Crippen molar-refractivity contribution in [1.82, 2.24) is 0 Å². The quantitative estimate of drug-likeness (QED) is 0.850. The number of nitrogens with one attached hydrogen (secondary N) is 1. The fourth-order valence-electron chi connectivity index (χ4n) is 1.69. The minimum Gasteiger partial charge on any atom is -0.363 e. The summed E-state index contributed by atoms with van der Waals surface area (Å²) in [6.07, 6.45) is 0. The molecule has 6 heteroatoms. The van der Waals surface area contributed by atoms with E-state index in [4.69, 9.17) is 11.6 Å². The third-order valence-electron chi connectivity index (χ3n) is 2.52. The van der Waals surface area contributed by atoms with Gasteiger partial charge in [0.15, 0.2) is 5.37 Å². The van der Waals surface area contributed by atoms with Crippen molar-refractivity contribution in [3.63, 3.8) is 0 Å². The number of halogens is 1. The molecule has 1 atom stereocenters. The Hall–Kier alpha value is -1.56. The zero-order chi connectivity index (χ0) is 13.9. The maximum atomic E-state index is 11.5. The van der Waals surface area contributed by atoms with Crippen LogP contribution < -0.4 is 5.32 Å². The summed E-state index contributed by atoms with van der Waals surface area (Å²) in [4.78, 5) is 0. The van der Waals surface area contributed by atoms with Crippen LogP contribution in [0.3, 0.4) is 0 Å². The molecule has 0 radical (unpaired) electrons. The van der Waals surface area contributed by atoms with Crippen LogP contribution in [0.25, 0.3) is 0 Å². The Labute approximate surface area is 116 Å². The van der Waals surface area contributed by atoms with Gasteiger partial charge < -0.3 is 5.32 Å². The Morgan fingerprint density at radius 3 is 2.32 bits per heavy atom. The van der Waals surface area contributed by atoms with Crippen molar-refractivity contribution >= 4 is 27.4 Å². The molecule has 0 bridgehead atoms. The zero-order valence-electron chi connectivity index (χ0n) is 9.82. The van der Waals surface area contributed by atoms with Gasteiger partial charge in [-0.3, -0.25) is 4.55 Å². The second kappa shape index (κ2) is 5.61. The van der Waals surface area contributed by atoms with Gasteiger partial charge in [-0.1, -0.05) is 48.0 Å². The van der Waals surface area contributed by atoms with Gasteiger partial charge in [0.1, 0.15) is 0 Å². The van der Waals surface area contributed by atoms with Crippen LogP contribution in [0.2, 0.25) is 5.02 Å². The SMILES string of the molecule is O=S(=O)(O)[C@@H](Nc1cccc(Cl)c1)c1ccccc1. The number of rotatable bonds is 4. The molecule has 0 saturated heterocycles. The van der Waals surface area contributed by atoms with Gasteiger partial charge in [0.2, 0.25) is 0 Å². The van der Waals surface area contributed by atoms with Crippen LogP contribution in [0, 0.1) is 0 Å². The monoisotopic (exact) mass is 297 g/mol. The highest BCUT2D eigenvalue weighted by atomic mass is 35.5. The second-order valence-electron chi connectivity index (χ2n) is 3.96. The number of anilines is 1. The van der Waals surface area contributed by atoms with Gasteiger partial charge in [-0.05, 0) is 23.8 Å². The summed E-state index contributed by atoms with van der Waals surface area (Å²) in [5, 5.41) is 2.00. The van der Waals surface area contributed by atoms with Gasteiger partial charge in [-0.15, -0.1) is 0 Å². The first kappa shape index (κ1) is 13.9. The normalized spacial score (nSPS) is 12.9. The Bertz CT molecular complexity index is 659. The van der Waals surface area contributed by atoms with Crippen LogP contribution >= 0.6 is 11.6 Å². The minimum atomic E-state index is -4.28. The fraction of sp³-hybridized carbons (Fsp3) is 0.0769. The van der Waals surface area contributed by atoms with Gasteiger partial charge in [-0.25, -0.2) is 0 Å². The predicted molar refractivity (Wildman–Crippen MR) is 75.8 cm³/mol. The molecule has 2 rings (SSSR count). The average molecular weight is 298 g/mol. The largest absolute Gasteiger partial charge is 0.363 e. The van der Waals surface area contributed by atoms with E-state index in [1.165, 1.54) is 0 Å². The van der Waals surface area contributed by atoms with Crippen molar-refractivity contribution in [2.45, 2.75) is 5.37 Å². The molecule has 0 heterocycles. The topological polar surface area (TPSA) is 66.4 Å². The molecule has 0 unspecified atom stereocenters. The van der Waals surface area contributed by atoms with Crippen molar-refractivity contribution in [3.05, 3.63) is 65.2 Å². The molecular formula is C13H12ClNO3S. The summed E-state index contributed by atoms with van der Waals surface area (Å²) in [5.74, 6) is 0. The molecule has 2 N–H and O–H groups in total. The van der Waals surface area contributed by atoms with Crippen molar-refractivity contribution in [3.8, 4) is 0 Å². The van der Waals surface area contributed by atoms with Gasteiger partial charge >= 0.3 is 0 Å². The third kappa shape index (κ3) is 3.70. The summed E-state index contributed by atoms with van der Waals surface area (Å²) >= 11 is 5.84. The predicted octanol–water partition coefficient (Wildman–Crippen LogP) is 3.34. The van der Waals surface area contributed by atoms with Crippen LogP contribution in [0.5, 0.6) is 0 Å². The number of hydrogen-bond donors (Lipinski definition) is 2. The Morgan fingerprint density at radius 2 is 1.74 bits per heavy atom. The first-order valence-electron chi connectivity index (χ1n) is 5.50. The molecule has 0 saturated carbocycles. The molecule has 0 aromatic heterocycles. The van der Waals surface area contributed by atoms with E-state index in [2.05, 4.69) is 5.32 Å². The lowest BCUT2D eigenvalue weighted by molar-refractivity contribution is 0.473. The van der Waals surface area contributed by atoms with E-state index in [0.717, 1.165) is 0 Å². The van der Waals surface area contributed by atoms with Gasteiger partial charge in [0.05, 0.1) is 0 Å². The van der Waals surface area contributed by atoms with Crippen molar-refractivity contribution < 1.29 is 13.0 Å². The number of hydrogen-bond acceptors (Lipinski definition) is 3. The van der Waals surface area contributed by atoms with Crippen LogP contribution in [-0.2, 0) is 10.1 Å². The second-order valence-corrected chi connectivity index (χ2v) is 5.90. The molecule has 19 heavy (non-hydrogen) atoms. The van der Waals surface area contributed by atoms with E-state index < -0.39 is 15.5 Å². The molecule has 0 aliphatic rings. The van der Waals surface area contributed by atoms with Crippen LogP contribution in [-0.4, -0.2) is 13.0 Å². The van der Waals surface area contributed by atoms with E-state index in [0.29, 0.717) is 16.3 Å². The summed E-state index contributed by atoms with van der Waals surface area (Å²) in [7, 11) is -4.28. The van der Waals surface area contributed by atoms with Crippen LogP contribution in [0.4, 0.5) is 5.69 Å². The molecule has 2 aromatic rings. The molecule has 100 valence electrons. The molecule has 0 fully saturated rings. The van der Waals surface area contributed by atoms with Crippen LogP contribution in [0.1, 0.15) is 10.9 Å². The van der Waals surface area contributed by atoms with Gasteiger partial charge in [0, 0.05) is 10.7 Å². The van der Waals surface area contributed by atoms with E-state index in [9.17, 15) is 13.0 Å². The van der Waals surface area contributed by atoms with Gasteiger partial charge in [0.25, 0.3) is 10.1 Å². The van der Waals surface area contributed by atoms with Crippen LogP contribution in [0.15, 0.2) is 54.6 Å². The smallest absolute Gasteiger partial charge is 0.290 e. The maximum Gasteiger partial charge on any atom is 0.290 e. The first-order valence-corrected chi connectivity index (χ1v) is 7.38. The molecule has 2 aromatic carbocycles. The molecule has 0 aliphatic heterocycles. The summed E-state index contributed by atoms with van der Waals surface area (Å²) in [5.41, 5.74) is 0.962. The third-order valence-corrected chi connectivity index (χ3v) is 3.74. The van der Waals surface area contributed by atoms with Gasteiger partial charge in [-0.2, -0.15) is 8.42 Å². The first-order chi connectivity index (χ1) is 8.97. The highest BCUT2D eigenvalue weighted by Gasteiger charge is 2.24. The minimum absolute atomic E-state index is 0.449. The lowest BCUT2D eigenvalue weighted by Gasteiger charge is -2.17. The highest BCUT2D eigenvalue weighted by Crippen LogP contribution is 2.25. The Balaban J connectivity index is 2.36. The van der Waals surface area contributed by atoms with E-state index in [-0.39, 0.29) is 0 Å². The summed E-state index contributed by atoms with van der Waals surface area (Å²) in [6.45, 7) is 0. The lowest BCUT2D eigenvalue weighted by atomic mass is 10.2. The lowest BCUT2D eigenvalue weighted by Crippen LogP contribution is -2.20. The van der Waals surface area contributed by atoms with E-state index >= 15 is 0 Å². The summed E-state index contributed by atoms with van der Waals surface area (Å²) in [6, 6.07) is 15.0. The molecule has 0 amide bonds. The highest BCUT2D eigenvalue weighted by molar-refractivity contribution is 7.86. The maximum absolute atomic E-state index is 11.5. The van der Waals surface area contributed by atoms with Crippen molar-refractivity contribution in [1.29, 1.82) is 0 Å². The Kier molecular flexibility index (Phi) is 4.09. The standard InChI is InChI=1S/C13H12ClNO3S/c14-11-7-4-8-12(9-11)15-13(19(16,17)18)10-5-2-1-3-6-10/h1-9,13,15H,(H,16,17,18)/t13-/m1/s1. The number of benzene rings is 2. The molecule has 4 nitrogen and oxygen atoms in total. The van der Waals surface area contributed by atoms with E-state index in [1.807, 2.05) is 0 Å². The molecule has 0 aliphatic carbocycles.